The Morgan fingerprint density at radius 2 is 0.756 bits per heavy atom. The van der Waals surface area contributed by atoms with Crippen LogP contribution in [0.15, 0.2) is 97.1 Å². The Morgan fingerprint density at radius 3 is 1.02 bits per heavy atom. The van der Waals surface area contributed by atoms with Gasteiger partial charge in [-0.15, -0.1) is 21.0 Å². The maximum absolute atomic E-state index is 8.96. The van der Waals surface area contributed by atoms with E-state index in [-0.39, 0.29) is 11.8 Å². The van der Waals surface area contributed by atoms with Gasteiger partial charge in [0.25, 0.3) is 25.0 Å². The van der Waals surface area contributed by atoms with Crippen LogP contribution in [-0.2, 0) is 5.41 Å². The minimum Gasteiger partial charge on any atom is -0.388 e. The number of nitriles is 4. The van der Waals surface area contributed by atoms with E-state index in [1.54, 1.807) is 73.6 Å². The first-order valence-electron chi connectivity index (χ1n) is 12.6. The van der Waals surface area contributed by atoms with Crippen molar-refractivity contribution in [2.24, 2.45) is 5.92 Å². The number of rotatable bonds is 10. The molecular formula is C33H24N4O4. The highest BCUT2D eigenvalue weighted by Gasteiger charge is 2.40. The lowest BCUT2D eigenvalue weighted by molar-refractivity contribution is 0.338. The first kappa shape index (κ1) is 28.1. The normalized spacial score (nSPS) is 11.2. The van der Waals surface area contributed by atoms with Crippen molar-refractivity contribution < 1.29 is 18.9 Å². The van der Waals surface area contributed by atoms with Crippen molar-refractivity contribution in [3.63, 3.8) is 0 Å². The lowest BCUT2D eigenvalue weighted by Gasteiger charge is -2.42. The monoisotopic (exact) mass is 540 g/mol. The third-order valence-electron chi connectivity index (χ3n) is 7.45. The fourth-order valence-electron chi connectivity index (χ4n) is 5.23. The highest BCUT2D eigenvalue weighted by molar-refractivity contribution is 5.47. The van der Waals surface area contributed by atoms with Gasteiger partial charge in [-0.25, -0.2) is 0 Å². The first-order chi connectivity index (χ1) is 19.9. The van der Waals surface area contributed by atoms with Crippen LogP contribution < -0.4 is 18.9 Å². The summed E-state index contributed by atoms with van der Waals surface area (Å²) in [6.45, 7) is 4.30. The zero-order valence-corrected chi connectivity index (χ0v) is 22.3. The molecule has 0 saturated heterocycles. The van der Waals surface area contributed by atoms with Gasteiger partial charge in [-0.3, -0.25) is 0 Å². The second kappa shape index (κ2) is 12.7. The van der Waals surface area contributed by atoms with E-state index in [1.165, 1.54) is 0 Å². The molecule has 4 aromatic carbocycles. The fourth-order valence-corrected chi connectivity index (χ4v) is 5.23. The molecule has 4 rings (SSSR count). The van der Waals surface area contributed by atoms with Crippen LogP contribution in [0.2, 0.25) is 0 Å². The molecule has 0 aliphatic heterocycles. The van der Waals surface area contributed by atoms with Crippen LogP contribution in [0, 0.1) is 52.0 Å². The topological polar surface area (TPSA) is 132 Å². The van der Waals surface area contributed by atoms with Gasteiger partial charge >= 0.3 is 0 Å². The summed E-state index contributed by atoms with van der Waals surface area (Å²) in [7, 11) is 0. The molecule has 0 bridgehead atoms. The Labute approximate surface area is 238 Å². The largest absolute Gasteiger partial charge is 0.388 e. The van der Waals surface area contributed by atoms with Crippen LogP contribution in [0.5, 0.6) is 23.0 Å². The van der Waals surface area contributed by atoms with Crippen LogP contribution in [0.1, 0.15) is 42.0 Å². The van der Waals surface area contributed by atoms with Crippen molar-refractivity contribution in [3.8, 4) is 48.0 Å². The summed E-state index contributed by atoms with van der Waals surface area (Å²) in [5, 5.41) is 35.8. The summed E-state index contributed by atoms with van der Waals surface area (Å²) in [4.78, 5) is 0. The number of hydrogen-bond acceptors (Lipinski definition) is 8. The van der Waals surface area contributed by atoms with Crippen LogP contribution >= 0.6 is 0 Å². The van der Waals surface area contributed by atoms with Crippen molar-refractivity contribution in [3.05, 3.63) is 119 Å². The van der Waals surface area contributed by atoms with Crippen LogP contribution in [-0.4, -0.2) is 0 Å². The van der Waals surface area contributed by atoms with E-state index in [1.807, 2.05) is 48.5 Å². The molecule has 0 amide bonds. The standard InChI is InChI=1S/C33H24N4O4/c1-23(32(24-3-11-28(12-4-24)38-19-34)25-5-13-29(14-6-25)39-20-35)33(2,26-7-15-30(16-8-26)40-21-36)27-9-17-31(18-10-27)41-22-37/h3-18,23,32H,1-2H3. The molecule has 0 spiro atoms. The van der Waals surface area contributed by atoms with E-state index in [0.717, 1.165) is 22.3 Å². The van der Waals surface area contributed by atoms with Gasteiger partial charge < -0.3 is 18.9 Å². The van der Waals surface area contributed by atoms with E-state index in [2.05, 4.69) is 13.8 Å². The van der Waals surface area contributed by atoms with Crippen LogP contribution in [0.4, 0.5) is 0 Å². The van der Waals surface area contributed by atoms with Crippen molar-refractivity contribution in [1.29, 1.82) is 21.0 Å². The lowest BCUT2D eigenvalue weighted by Crippen LogP contribution is -2.36. The molecule has 0 heterocycles. The highest BCUT2D eigenvalue weighted by Crippen LogP contribution is 2.48. The molecule has 0 aliphatic carbocycles. The molecule has 8 heteroatoms. The summed E-state index contributed by atoms with van der Waals surface area (Å²) in [5.41, 5.74) is 3.31. The van der Waals surface area contributed by atoms with Gasteiger partial charge in [-0.1, -0.05) is 62.4 Å². The van der Waals surface area contributed by atoms with Crippen molar-refractivity contribution >= 4 is 0 Å². The fraction of sp³-hybridized carbons (Fsp3) is 0.152. The molecule has 0 aliphatic rings. The molecule has 0 N–H and O–H groups in total. The van der Waals surface area contributed by atoms with Crippen LogP contribution in [0.3, 0.4) is 0 Å². The van der Waals surface area contributed by atoms with Gasteiger partial charge in [-0.05, 0) is 76.7 Å². The molecule has 8 nitrogen and oxygen atoms in total. The quantitative estimate of drug-likeness (QED) is 0.198. The Hall–Kier alpha value is -5.96. The number of benzene rings is 4. The number of nitrogens with zero attached hydrogens (tertiary/aromatic N) is 4. The number of ether oxygens (including phenoxy) is 4. The zero-order chi connectivity index (χ0) is 29.2. The second-order valence-electron chi connectivity index (χ2n) is 9.43. The molecule has 0 aromatic heterocycles. The van der Waals surface area contributed by atoms with Crippen molar-refractivity contribution in [2.45, 2.75) is 25.2 Å². The average Bonchev–Trinajstić information content (AvgIpc) is 3.00. The zero-order valence-electron chi connectivity index (χ0n) is 22.3. The summed E-state index contributed by atoms with van der Waals surface area (Å²) < 4.78 is 20.1. The molecule has 200 valence electrons. The van der Waals surface area contributed by atoms with Crippen LogP contribution in [0.25, 0.3) is 0 Å². The smallest absolute Gasteiger partial charge is 0.292 e. The van der Waals surface area contributed by atoms with Gasteiger partial charge in [0, 0.05) is 11.3 Å². The third-order valence-corrected chi connectivity index (χ3v) is 7.45. The molecule has 0 radical (unpaired) electrons. The Bertz CT molecular complexity index is 1520. The maximum atomic E-state index is 8.96. The van der Waals surface area contributed by atoms with Gasteiger partial charge in [-0.2, -0.15) is 0 Å². The van der Waals surface area contributed by atoms with Gasteiger partial charge in [0.15, 0.2) is 0 Å². The molecule has 1 atom stereocenters. The molecule has 1 unspecified atom stereocenters. The van der Waals surface area contributed by atoms with Gasteiger partial charge in [0.1, 0.15) is 23.0 Å². The second-order valence-corrected chi connectivity index (χ2v) is 9.43. The van der Waals surface area contributed by atoms with E-state index in [9.17, 15) is 0 Å². The summed E-state index contributed by atoms with van der Waals surface area (Å²) in [6, 6.07) is 29.5. The predicted octanol–water partition coefficient (Wildman–Crippen LogP) is 6.90. The van der Waals surface area contributed by atoms with Crippen molar-refractivity contribution in [1.82, 2.24) is 0 Å². The van der Waals surface area contributed by atoms with Crippen molar-refractivity contribution in [2.75, 3.05) is 0 Å². The van der Waals surface area contributed by atoms with E-state index in [4.69, 9.17) is 40.0 Å². The van der Waals surface area contributed by atoms with Gasteiger partial charge in [0.05, 0.1) is 0 Å². The average molecular weight is 541 g/mol. The summed E-state index contributed by atoms with van der Waals surface area (Å²) >= 11 is 0. The predicted molar refractivity (Wildman–Crippen MR) is 148 cm³/mol. The maximum Gasteiger partial charge on any atom is 0.292 e. The summed E-state index contributed by atoms with van der Waals surface area (Å²) in [6.07, 6.45) is 6.80. The molecule has 0 fully saturated rings. The summed E-state index contributed by atoms with van der Waals surface area (Å²) in [5.74, 6) is 1.47. The SMILES string of the molecule is CC(C(c1ccc(OC#N)cc1)c1ccc(OC#N)cc1)C(C)(c1ccc(OC#N)cc1)c1ccc(OC#N)cc1. The third kappa shape index (κ3) is 6.04. The van der Waals surface area contributed by atoms with E-state index >= 15 is 0 Å². The minimum atomic E-state index is -0.606. The molecule has 41 heavy (non-hydrogen) atoms. The minimum absolute atomic E-state index is 0.0987. The Morgan fingerprint density at radius 1 is 0.488 bits per heavy atom. The highest BCUT2D eigenvalue weighted by atomic mass is 16.5. The first-order valence-corrected chi connectivity index (χ1v) is 12.6. The molecule has 4 aromatic rings. The number of hydrogen-bond donors (Lipinski definition) is 0. The Kier molecular flexibility index (Phi) is 8.71. The van der Waals surface area contributed by atoms with E-state index < -0.39 is 5.41 Å². The lowest BCUT2D eigenvalue weighted by atomic mass is 9.61. The molecular weight excluding hydrogens is 516 g/mol. The molecule has 0 saturated carbocycles. The Balaban J connectivity index is 1.89. The van der Waals surface area contributed by atoms with E-state index in [0.29, 0.717) is 23.0 Å². The van der Waals surface area contributed by atoms with Gasteiger partial charge in [0.2, 0.25) is 0 Å².